The minimum atomic E-state index is -0.418. The first-order chi connectivity index (χ1) is 16.4. The Kier molecular flexibility index (Phi) is 12.2. The first-order valence-corrected chi connectivity index (χ1v) is 12.5. The minimum absolute atomic E-state index is 0.167. The number of rotatable bonds is 16. The van der Waals surface area contributed by atoms with Crippen LogP contribution in [0.25, 0.3) is 11.1 Å². The lowest BCUT2D eigenvalue weighted by atomic mass is 10.00. The van der Waals surface area contributed by atoms with Crippen molar-refractivity contribution in [1.82, 2.24) is 0 Å². The number of phenolic OH excluding ortho intramolecular Hbond substituents is 1. The summed E-state index contributed by atoms with van der Waals surface area (Å²) in [4.78, 5) is 11.5. The van der Waals surface area contributed by atoms with Gasteiger partial charge in [0.1, 0.15) is 5.75 Å². The van der Waals surface area contributed by atoms with Gasteiger partial charge in [-0.3, -0.25) is 0 Å². The predicted octanol–water partition coefficient (Wildman–Crippen LogP) is 7.77. The Morgan fingerprint density at radius 1 is 0.912 bits per heavy atom. The van der Waals surface area contributed by atoms with Gasteiger partial charge < -0.3 is 14.6 Å². The molecule has 2 aromatic carbocycles. The van der Waals surface area contributed by atoms with Crippen molar-refractivity contribution in [2.45, 2.75) is 78.1 Å². The molecule has 0 aliphatic heterocycles. The largest absolute Gasteiger partial charge is 0.508 e. The van der Waals surface area contributed by atoms with Gasteiger partial charge in [0, 0.05) is 5.57 Å². The summed E-state index contributed by atoms with van der Waals surface area (Å²) in [5, 5.41) is 10.2. The summed E-state index contributed by atoms with van der Waals surface area (Å²) < 4.78 is 25.4. The van der Waals surface area contributed by atoms with Crippen LogP contribution < -0.4 is 4.74 Å². The Balaban J connectivity index is 1.83. The standard InChI is InChI=1S/C29H39FO4/c1-4-5-6-7-8-9-10-11-18-33-28-17-15-24(21-26(28)30)23-14-16-27(31)25(20-23)13-12-19-34-29(32)22(2)3/h14-17,20-21,31H,2,4-13,18-19H2,1,3H3. The van der Waals surface area contributed by atoms with Crippen LogP contribution in [0, 0.1) is 5.82 Å². The number of unbranched alkanes of at least 4 members (excludes halogenated alkanes) is 7. The van der Waals surface area contributed by atoms with E-state index in [1.807, 2.05) is 12.1 Å². The summed E-state index contributed by atoms with van der Waals surface area (Å²) in [6.07, 6.45) is 10.8. The summed E-state index contributed by atoms with van der Waals surface area (Å²) in [5.41, 5.74) is 2.60. The van der Waals surface area contributed by atoms with E-state index in [9.17, 15) is 14.3 Å². The summed E-state index contributed by atoms with van der Waals surface area (Å²) >= 11 is 0. The number of hydrogen-bond donors (Lipinski definition) is 1. The van der Waals surface area contributed by atoms with Crippen LogP contribution in [0.4, 0.5) is 4.39 Å². The highest BCUT2D eigenvalue weighted by atomic mass is 19.1. The first-order valence-electron chi connectivity index (χ1n) is 12.5. The second-order valence-electron chi connectivity index (χ2n) is 8.83. The molecular weight excluding hydrogens is 431 g/mol. The van der Waals surface area contributed by atoms with Crippen LogP contribution in [0.15, 0.2) is 48.6 Å². The van der Waals surface area contributed by atoms with E-state index in [-0.39, 0.29) is 18.1 Å². The SMILES string of the molecule is C=C(C)C(=O)OCCCc1cc(-c2ccc(OCCCCCCCCCC)c(F)c2)ccc1O. The third-order valence-electron chi connectivity index (χ3n) is 5.77. The van der Waals surface area contributed by atoms with Crippen LogP contribution in [0.2, 0.25) is 0 Å². The molecule has 1 N–H and O–H groups in total. The molecule has 0 unspecified atom stereocenters. The number of carbonyl (C=O) groups excluding carboxylic acids is 1. The number of halogens is 1. The number of benzene rings is 2. The number of carbonyl (C=O) groups is 1. The van der Waals surface area contributed by atoms with E-state index in [1.165, 1.54) is 44.6 Å². The first kappa shape index (κ1) is 27.4. The van der Waals surface area contributed by atoms with Gasteiger partial charge in [0.2, 0.25) is 0 Å². The number of ether oxygens (including phenoxy) is 2. The van der Waals surface area contributed by atoms with E-state index in [1.54, 1.807) is 25.1 Å². The zero-order chi connectivity index (χ0) is 24.8. The quantitative estimate of drug-likeness (QED) is 0.155. The van der Waals surface area contributed by atoms with Gasteiger partial charge in [-0.15, -0.1) is 0 Å². The lowest BCUT2D eigenvalue weighted by Gasteiger charge is -2.11. The fraction of sp³-hybridized carbons (Fsp3) is 0.483. The van der Waals surface area contributed by atoms with Crippen molar-refractivity contribution in [3.05, 3.63) is 59.9 Å². The van der Waals surface area contributed by atoms with Crippen LogP contribution in [-0.4, -0.2) is 24.3 Å². The van der Waals surface area contributed by atoms with Crippen molar-refractivity contribution < 1.29 is 23.8 Å². The van der Waals surface area contributed by atoms with Crippen molar-refractivity contribution in [2.75, 3.05) is 13.2 Å². The molecule has 0 bridgehead atoms. The third kappa shape index (κ3) is 9.58. The molecule has 2 aromatic rings. The number of aryl methyl sites for hydroxylation is 1. The smallest absolute Gasteiger partial charge is 0.333 e. The second-order valence-corrected chi connectivity index (χ2v) is 8.83. The molecule has 2 rings (SSSR count). The highest BCUT2D eigenvalue weighted by Crippen LogP contribution is 2.30. The van der Waals surface area contributed by atoms with Gasteiger partial charge in [-0.25, -0.2) is 9.18 Å². The summed E-state index contributed by atoms with van der Waals surface area (Å²) in [6, 6.07) is 10.2. The third-order valence-corrected chi connectivity index (χ3v) is 5.77. The van der Waals surface area contributed by atoms with Crippen molar-refractivity contribution in [2.24, 2.45) is 0 Å². The topological polar surface area (TPSA) is 55.8 Å². The molecule has 34 heavy (non-hydrogen) atoms. The van der Waals surface area contributed by atoms with Crippen molar-refractivity contribution >= 4 is 5.97 Å². The molecule has 0 atom stereocenters. The molecular formula is C29H39FO4. The van der Waals surface area contributed by atoms with Crippen molar-refractivity contribution in [3.8, 4) is 22.6 Å². The van der Waals surface area contributed by atoms with Gasteiger partial charge in [0.25, 0.3) is 0 Å². The number of aromatic hydroxyl groups is 1. The Bertz CT molecular complexity index is 922. The van der Waals surface area contributed by atoms with Gasteiger partial charge >= 0.3 is 5.97 Å². The second kappa shape index (κ2) is 15.2. The van der Waals surface area contributed by atoms with E-state index >= 15 is 0 Å². The molecule has 0 aliphatic rings. The lowest BCUT2D eigenvalue weighted by molar-refractivity contribution is -0.139. The van der Waals surface area contributed by atoms with Crippen LogP contribution >= 0.6 is 0 Å². The maximum absolute atomic E-state index is 14.6. The molecule has 0 saturated carbocycles. The van der Waals surface area contributed by atoms with Crippen LogP contribution in [0.3, 0.4) is 0 Å². The van der Waals surface area contributed by atoms with E-state index in [2.05, 4.69) is 13.5 Å². The molecule has 4 nitrogen and oxygen atoms in total. The maximum atomic E-state index is 14.6. The van der Waals surface area contributed by atoms with Crippen molar-refractivity contribution in [1.29, 1.82) is 0 Å². The summed E-state index contributed by atoms with van der Waals surface area (Å²) in [5.74, 6) is -0.373. The minimum Gasteiger partial charge on any atom is -0.508 e. The maximum Gasteiger partial charge on any atom is 0.333 e. The Morgan fingerprint density at radius 2 is 1.56 bits per heavy atom. The van der Waals surface area contributed by atoms with Gasteiger partial charge in [-0.1, -0.05) is 70.6 Å². The monoisotopic (exact) mass is 470 g/mol. The summed E-state index contributed by atoms with van der Waals surface area (Å²) in [6.45, 7) is 8.14. The van der Waals surface area contributed by atoms with Gasteiger partial charge in [-0.2, -0.15) is 0 Å². The number of hydrogen-bond acceptors (Lipinski definition) is 4. The average molecular weight is 471 g/mol. The molecule has 5 heteroatoms. The normalized spacial score (nSPS) is 10.8. The fourth-order valence-corrected chi connectivity index (χ4v) is 3.73. The highest BCUT2D eigenvalue weighted by Gasteiger charge is 2.10. The predicted molar refractivity (Wildman–Crippen MR) is 136 cm³/mol. The van der Waals surface area contributed by atoms with E-state index < -0.39 is 11.8 Å². The average Bonchev–Trinajstić information content (AvgIpc) is 2.82. The molecule has 0 saturated heterocycles. The van der Waals surface area contributed by atoms with Crippen molar-refractivity contribution in [3.63, 3.8) is 0 Å². The molecule has 0 aromatic heterocycles. The van der Waals surface area contributed by atoms with Crippen LogP contribution in [0.1, 0.15) is 77.2 Å². The van der Waals surface area contributed by atoms with Gasteiger partial charge in [0.05, 0.1) is 13.2 Å². The molecule has 0 fully saturated rings. The van der Waals surface area contributed by atoms with E-state index in [4.69, 9.17) is 9.47 Å². The van der Waals surface area contributed by atoms with E-state index in [0.29, 0.717) is 30.6 Å². The zero-order valence-electron chi connectivity index (χ0n) is 20.7. The van der Waals surface area contributed by atoms with Gasteiger partial charge in [0.15, 0.2) is 11.6 Å². The highest BCUT2D eigenvalue weighted by molar-refractivity contribution is 5.86. The van der Waals surface area contributed by atoms with Crippen LogP contribution in [-0.2, 0) is 16.0 Å². The number of esters is 1. The summed E-state index contributed by atoms with van der Waals surface area (Å²) in [7, 11) is 0. The number of phenols is 1. The van der Waals surface area contributed by atoms with E-state index in [0.717, 1.165) is 24.0 Å². The van der Waals surface area contributed by atoms with Crippen LogP contribution in [0.5, 0.6) is 11.5 Å². The Hall–Kier alpha value is -2.82. The molecule has 0 spiro atoms. The van der Waals surface area contributed by atoms with Gasteiger partial charge in [-0.05, 0) is 67.1 Å². The lowest BCUT2D eigenvalue weighted by Crippen LogP contribution is -2.06. The fourth-order valence-electron chi connectivity index (χ4n) is 3.73. The zero-order valence-corrected chi connectivity index (χ0v) is 20.7. The molecule has 186 valence electrons. The molecule has 0 amide bonds. The molecule has 0 radical (unpaired) electrons. The Labute approximate surface area is 203 Å². The molecule has 0 aliphatic carbocycles. The Morgan fingerprint density at radius 3 is 2.24 bits per heavy atom. The molecule has 0 heterocycles.